The summed E-state index contributed by atoms with van der Waals surface area (Å²) in [4.78, 5) is 0. The third kappa shape index (κ3) is 1.60. The van der Waals surface area contributed by atoms with Gasteiger partial charge < -0.3 is 4.74 Å². The lowest BCUT2D eigenvalue weighted by Gasteiger charge is -1.94. The van der Waals surface area contributed by atoms with Crippen LogP contribution in [0.25, 0.3) is 0 Å². The van der Waals surface area contributed by atoms with Gasteiger partial charge in [-0.3, -0.25) is 0 Å². The number of hydrogen-bond donors (Lipinski definition) is 1. The molecule has 0 aromatic carbocycles. The Bertz CT molecular complexity index is 84.5. The molecular formula is C6H12OS. The van der Waals surface area contributed by atoms with E-state index in [2.05, 4.69) is 11.6 Å². The Morgan fingerprint density at radius 3 is 3.12 bits per heavy atom. The molecule has 1 nitrogen and oxygen atoms in total. The molecule has 0 spiro atoms. The van der Waals surface area contributed by atoms with E-state index < -0.39 is 0 Å². The first-order valence-electron chi connectivity index (χ1n) is 2.93. The molecule has 1 fully saturated rings. The topological polar surface area (TPSA) is 9.23 Å². The Balaban J connectivity index is 2.24. The van der Waals surface area contributed by atoms with Crippen molar-refractivity contribution in [2.45, 2.75) is 6.42 Å². The van der Waals surface area contributed by atoms with E-state index in [9.17, 15) is 0 Å². The molecule has 1 aliphatic rings. The summed E-state index contributed by atoms with van der Waals surface area (Å²) in [6.45, 7) is 1.93. The van der Waals surface area contributed by atoms with Gasteiger partial charge in [-0.15, -0.1) is 0 Å². The van der Waals surface area contributed by atoms with Crippen molar-refractivity contribution >= 4 is 16.7 Å². The maximum absolute atomic E-state index is 5.17. The predicted molar refractivity (Wildman–Crippen MR) is 39.9 cm³/mol. The maximum atomic E-state index is 5.17. The van der Waals surface area contributed by atoms with Crippen molar-refractivity contribution < 1.29 is 4.74 Å². The van der Waals surface area contributed by atoms with E-state index in [0.29, 0.717) is 0 Å². The summed E-state index contributed by atoms with van der Waals surface area (Å²) >= 11 is 1.39. The van der Waals surface area contributed by atoms with Crippen LogP contribution in [0, 0.1) is 5.92 Å². The van der Waals surface area contributed by atoms with E-state index in [4.69, 9.17) is 4.74 Å². The highest BCUT2D eigenvalue weighted by atomic mass is 32.1. The van der Waals surface area contributed by atoms with Crippen molar-refractivity contribution in [3.63, 3.8) is 0 Å². The first kappa shape index (κ1) is 6.30. The Labute approximate surface area is 54.0 Å². The van der Waals surface area contributed by atoms with Gasteiger partial charge in [-0.25, -0.2) is 11.4 Å². The van der Waals surface area contributed by atoms with Gasteiger partial charge in [0.2, 0.25) is 0 Å². The number of thiol groups is 1. The standard InChI is InChI=1S/C6H12OS/c1-8-5-6-2-3-7-4-6/h5-6,8H,2-4H2,1H3. The second kappa shape index (κ2) is 3.25. The van der Waals surface area contributed by atoms with Crippen LogP contribution in [0.15, 0.2) is 0 Å². The molecule has 0 saturated carbocycles. The number of ether oxygens (including phenoxy) is 1. The molecule has 0 aromatic heterocycles. The molecule has 48 valence electrons. The summed E-state index contributed by atoms with van der Waals surface area (Å²) in [6, 6.07) is 0. The number of rotatable bonds is 1. The van der Waals surface area contributed by atoms with Crippen LogP contribution in [0.3, 0.4) is 0 Å². The van der Waals surface area contributed by atoms with E-state index in [0.717, 1.165) is 19.1 Å². The lowest BCUT2D eigenvalue weighted by atomic mass is 10.2. The van der Waals surface area contributed by atoms with Gasteiger partial charge in [-0.05, 0) is 12.7 Å². The summed E-state index contributed by atoms with van der Waals surface area (Å²) in [5, 5.41) is 2.31. The van der Waals surface area contributed by atoms with Crippen LogP contribution in [0.1, 0.15) is 6.42 Å². The van der Waals surface area contributed by atoms with Crippen molar-refractivity contribution in [3.8, 4) is 0 Å². The fourth-order valence-corrected chi connectivity index (χ4v) is 1.54. The van der Waals surface area contributed by atoms with Crippen LogP contribution in [0.2, 0.25) is 0 Å². The van der Waals surface area contributed by atoms with Crippen molar-refractivity contribution in [3.05, 3.63) is 0 Å². The highest BCUT2D eigenvalue weighted by molar-refractivity contribution is 7.96. The molecular weight excluding hydrogens is 120 g/mol. The van der Waals surface area contributed by atoms with Crippen LogP contribution < -0.4 is 0 Å². The first-order chi connectivity index (χ1) is 3.93. The number of hydrogen-bond acceptors (Lipinski definition) is 1. The Morgan fingerprint density at radius 1 is 1.75 bits per heavy atom. The molecule has 0 radical (unpaired) electrons. The van der Waals surface area contributed by atoms with E-state index in [1.807, 2.05) is 0 Å². The van der Waals surface area contributed by atoms with E-state index in [-0.39, 0.29) is 0 Å². The van der Waals surface area contributed by atoms with Gasteiger partial charge >= 0.3 is 0 Å². The molecule has 0 aliphatic carbocycles. The zero-order chi connectivity index (χ0) is 5.82. The SMILES string of the molecule is C/[SH]=C/C1CCOC1. The summed E-state index contributed by atoms with van der Waals surface area (Å²) in [5.74, 6) is 0.752. The van der Waals surface area contributed by atoms with Gasteiger partial charge in [0, 0.05) is 12.5 Å². The highest BCUT2D eigenvalue weighted by Gasteiger charge is 2.10. The Kier molecular flexibility index (Phi) is 2.56. The van der Waals surface area contributed by atoms with E-state index >= 15 is 0 Å². The maximum Gasteiger partial charge on any atom is 0.0534 e. The molecule has 0 N–H and O–H groups in total. The molecule has 1 atom stereocenters. The minimum Gasteiger partial charge on any atom is -0.381 e. The average Bonchev–Trinajstić information content (AvgIpc) is 2.19. The van der Waals surface area contributed by atoms with Crippen molar-refractivity contribution in [2.24, 2.45) is 5.92 Å². The molecule has 1 aliphatic heterocycles. The van der Waals surface area contributed by atoms with Crippen molar-refractivity contribution in [2.75, 3.05) is 19.5 Å². The molecule has 1 saturated heterocycles. The zero-order valence-electron chi connectivity index (χ0n) is 5.13. The normalized spacial score (nSPS) is 30.9. The first-order valence-corrected chi connectivity index (χ1v) is 4.34. The Morgan fingerprint density at radius 2 is 2.62 bits per heavy atom. The second-order valence-electron chi connectivity index (χ2n) is 2.03. The summed E-state index contributed by atoms with van der Waals surface area (Å²) in [6.07, 6.45) is 3.39. The molecule has 1 heterocycles. The molecule has 0 bridgehead atoms. The fraction of sp³-hybridized carbons (Fsp3) is 0.833. The molecule has 8 heavy (non-hydrogen) atoms. The third-order valence-electron chi connectivity index (χ3n) is 1.32. The average molecular weight is 132 g/mol. The van der Waals surface area contributed by atoms with Crippen molar-refractivity contribution in [1.29, 1.82) is 0 Å². The van der Waals surface area contributed by atoms with Crippen LogP contribution in [-0.4, -0.2) is 24.8 Å². The third-order valence-corrected chi connectivity index (χ3v) is 2.04. The minimum absolute atomic E-state index is 0.752. The van der Waals surface area contributed by atoms with Gasteiger partial charge in [0.1, 0.15) is 0 Å². The van der Waals surface area contributed by atoms with Gasteiger partial charge in [0.25, 0.3) is 0 Å². The largest absolute Gasteiger partial charge is 0.381 e. The summed E-state index contributed by atoms with van der Waals surface area (Å²) < 4.78 is 5.17. The summed E-state index contributed by atoms with van der Waals surface area (Å²) in [5.41, 5.74) is 0. The summed E-state index contributed by atoms with van der Waals surface area (Å²) in [7, 11) is 0. The molecule has 0 aromatic rings. The molecule has 0 amide bonds. The van der Waals surface area contributed by atoms with Crippen LogP contribution in [-0.2, 0) is 4.74 Å². The highest BCUT2D eigenvalue weighted by Crippen LogP contribution is 2.09. The molecule has 2 heteroatoms. The predicted octanol–water partition coefficient (Wildman–Crippen LogP) is 0.920. The quantitative estimate of drug-likeness (QED) is 0.412. The zero-order valence-corrected chi connectivity index (χ0v) is 6.03. The van der Waals surface area contributed by atoms with Gasteiger partial charge in [-0.1, -0.05) is 5.37 Å². The van der Waals surface area contributed by atoms with E-state index in [1.165, 1.54) is 17.8 Å². The van der Waals surface area contributed by atoms with E-state index in [1.54, 1.807) is 0 Å². The Hall–Kier alpha value is 0.180. The van der Waals surface area contributed by atoms with Crippen LogP contribution >= 0.6 is 11.4 Å². The van der Waals surface area contributed by atoms with Crippen LogP contribution in [0.5, 0.6) is 0 Å². The lowest BCUT2D eigenvalue weighted by Crippen LogP contribution is -1.97. The fourth-order valence-electron chi connectivity index (χ4n) is 0.881. The monoisotopic (exact) mass is 132 g/mol. The lowest BCUT2D eigenvalue weighted by molar-refractivity contribution is 0.193. The van der Waals surface area contributed by atoms with Gasteiger partial charge in [-0.2, -0.15) is 0 Å². The van der Waals surface area contributed by atoms with Gasteiger partial charge in [0.05, 0.1) is 6.61 Å². The van der Waals surface area contributed by atoms with Gasteiger partial charge in [0.15, 0.2) is 0 Å². The van der Waals surface area contributed by atoms with Crippen LogP contribution in [0.4, 0.5) is 0 Å². The second-order valence-corrected chi connectivity index (χ2v) is 2.85. The smallest absolute Gasteiger partial charge is 0.0534 e. The molecule has 1 unspecified atom stereocenters. The molecule has 1 rings (SSSR count). The minimum atomic E-state index is 0.752. The van der Waals surface area contributed by atoms with Crippen molar-refractivity contribution in [1.82, 2.24) is 0 Å².